The van der Waals surface area contributed by atoms with Gasteiger partial charge in [-0.2, -0.15) is 29.8 Å². The van der Waals surface area contributed by atoms with Gasteiger partial charge in [0.15, 0.2) is 5.71 Å². The summed E-state index contributed by atoms with van der Waals surface area (Å²) in [6.45, 7) is 13.7. The fraction of sp³-hybridized carbons (Fsp3) is 0.438. The molecule has 0 spiro atoms. The van der Waals surface area contributed by atoms with Gasteiger partial charge in [-0.15, -0.1) is 10.2 Å². The summed E-state index contributed by atoms with van der Waals surface area (Å²) in [5.41, 5.74) is 4.56. The summed E-state index contributed by atoms with van der Waals surface area (Å²) in [5, 5.41) is 21.3. The smallest absolute Gasteiger partial charge is 0.419 e. The van der Waals surface area contributed by atoms with Crippen molar-refractivity contribution in [2.24, 2.45) is 5.14 Å². The van der Waals surface area contributed by atoms with Crippen LogP contribution in [0.3, 0.4) is 0 Å². The van der Waals surface area contributed by atoms with E-state index >= 15 is 0 Å². The summed E-state index contributed by atoms with van der Waals surface area (Å²) in [5.74, 6) is -1.32. The number of allylic oxidation sites excluding steroid dienone is 7. The molecule has 584 valence electrons. The zero-order valence-electron chi connectivity index (χ0n) is 60.9. The van der Waals surface area contributed by atoms with E-state index in [1.54, 1.807) is 75.5 Å². The van der Waals surface area contributed by atoms with Crippen LogP contribution in [0.2, 0.25) is 0 Å². The van der Waals surface area contributed by atoms with Gasteiger partial charge in [0.2, 0.25) is 32.9 Å². The Morgan fingerprint density at radius 2 is 1.41 bits per heavy atom. The third-order valence-corrected chi connectivity index (χ3v) is 24.2. The molecule has 2 aliphatic heterocycles. The van der Waals surface area contributed by atoms with Crippen LogP contribution in [0, 0.1) is 0 Å². The van der Waals surface area contributed by atoms with Gasteiger partial charge in [0.25, 0.3) is 40.4 Å². The maximum Gasteiger partial charge on any atom is 0.419 e. The highest BCUT2D eigenvalue weighted by atomic mass is 32.3. The minimum atomic E-state index is -4.86. The van der Waals surface area contributed by atoms with E-state index in [9.17, 15) is 79.5 Å². The van der Waals surface area contributed by atoms with Crippen LogP contribution >= 0.6 is 11.3 Å². The Kier molecular flexibility index (Phi) is 26.6. The van der Waals surface area contributed by atoms with Gasteiger partial charge in [-0.1, -0.05) is 80.9 Å². The van der Waals surface area contributed by atoms with E-state index in [0.717, 1.165) is 29.6 Å². The van der Waals surface area contributed by atoms with Gasteiger partial charge in [0.1, 0.15) is 39.8 Å². The van der Waals surface area contributed by atoms with Gasteiger partial charge in [-0.25, -0.2) is 26.8 Å². The number of carbonyl (C=O) groups is 4. The topological polar surface area (TPSA) is 440 Å². The summed E-state index contributed by atoms with van der Waals surface area (Å²) in [6, 6.07) is 21.5. The molecule has 1 atom stereocenters. The number of para-hydroxylation sites is 1. The fourth-order valence-corrected chi connectivity index (χ4v) is 16.9. The van der Waals surface area contributed by atoms with Gasteiger partial charge in [0, 0.05) is 84.9 Å². The second-order valence-electron chi connectivity index (χ2n) is 28.9. The zero-order valence-corrected chi connectivity index (χ0v) is 65.8. The van der Waals surface area contributed by atoms with Crippen LogP contribution in [0.25, 0.3) is 10.9 Å². The Bertz CT molecular complexity index is 5190. The molecule has 4 heterocycles. The summed E-state index contributed by atoms with van der Waals surface area (Å²) >= 11 is 0.542. The van der Waals surface area contributed by atoms with E-state index in [2.05, 4.69) is 26.1 Å². The Morgan fingerprint density at radius 3 is 2.07 bits per heavy atom. The molecule has 0 fully saturated rings. The van der Waals surface area contributed by atoms with Crippen molar-refractivity contribution < 1.29 is 93.5 Å². The first-order valence-corrected chi connectivity index (χ1v) is 43.6. The molecule has 0 unspecified atom stereocenters. The van der Waals surface area contributed by atoms with Crippen LogP contribution < -0.4 is 30.7 Å². The van der Waals surface area contributed by atoms with Crippen LogP contribution in [-0.2, 0) is 93.3 Å². The number of unbranched alkanes of at least 4 members (excludes halogenated alkanes) is 6. The summed E-state index contributed by atoms with van der Waals surface area (Å²) in [7, 11) is -22.2. The van der Waals surface area contributed by atoms with E-state index in [0.29, 0.717) is 138 Å². The first-order chi connectivity index (χ1) is 50.5. The molecular formula is C73H91N9O20S6. The molecule has 0 saturated carbocycles. The Labute approximate surface area is 633 Å². The number of aromatic nitrogens is 3. The number of nitrogens with zero attached hydrogens (tertiary/aromatic N) is 5. The molecule has 108 heavy (non-hydrogen) atoms. The second kappa shape index (κ2) is 34.3. The van der Waals surface area contributed by atoms with E-state index in [-0.39, 0.29) is 61.1 Å². The maximum absolute atomic E-state index is 13.8. The normalized spacial score (nSPS) is 16.5. The van der Waals surface area contributed by atoms with Crippen molar-refractivity contribution in [3.63, 3.8) is 0 Å². The number of anilines is 2. The largest absolute Gasteiger partial charge is 0.744 e. The predicted molar refractivity (Wildman–Crippen MR) is 407 cm³/mol. The highest BCUT2D eigenvalue weighted by Crippen LogP contribution is 2.49. The van der Waals surface area contributed by atoms with Crippen molar-refractivity contribution >= 4 is 119 Å². The molecule has 35 heteroatoms. The average Bonchev–Trinajstić information content (AvgIpc) is 1.59. The van der Waals surface area contributed by atoms with Crippen LogP contribution in [-0.4, -0.2) is 152 Å². The van der Waals surface area contributed by atoms with Crippen molar-refractivity contribution in [3.05, 3.63) is 160 Å². The van der Waals surface area contributed by atoms with E-state index in [1.165, 1.54) is 28.8 Å². The monoisotopic (exact) mass is 1610 g/mol. The molecule has 3 amide bonds. The molecule has 1 aliphatic carbocycles. The molecule has 0 saturated heterocycles. The SMILES string of the molecule is CC(C)(C)OC(=O)n1cc(C[C@H](NC(=O)CCCCCCCNC(=O)CCc2ccc(OC3=C(C=CC4=[N+](CCCCS(=O)(=O)O)c5ccc(S(=O)(=O)[O-])cc5C4(C)C)CCCC3=CC=C3N(CCCCS(=O)(=O)O)c4ccc(S(=O)(=O)O)cc4C3(C)C)cc2)C(=O)Nc2nnc(S(N)(=O)=O)s2)c2ccccc21. The number of sulfonamides is 1. The predicted octanol–water partition coefficient (Wildman–Crippen LogP) is 10.2. The van der Waals surface area contributed by atoms with Gasteiger partial charge in [-0.3, -0.25) is 37.9 Å². The Morgan fingerprint density at radius 1 is 0.741 bits per heavy atom. The quantitative estimate of drug-likeness (QED) is 0.00854. The van der Waals surface area contributed by atoms with Crippen LogP contribution in [0.4, 0.5) is 21.3 Å². The number of nitrogens with two attached hydrogens (primary N) is 1. The molecule has 3 aliphatic rings. The minimum Gasteiger partial charge on any atom is -0.744 e. The molecule has 6 aromatic rings. The van der Waals surface area contributed by atoms with E-state index in [4.69, 9.17) is 14.6 Å². The van der Waals surface area contributed by atoms with Crippen LogP contribution in [0.5, 0.6) is 5.75 Å². The van der Waals surface area contributed by atoms with Crippen molar-refractivity contribution in [3.8, 4) is 5.75 Å². The molecule has 2 aromatic heterocycles. The number of ether oxygens (including phenoxy) is 2. The van der Waals surface area contributed by atoms with Gasteiger partial charge >= 0.3 is 6.09 Å². The third kappa shape index (κ3) is 22.2. The van der Waals surface area contributed by atoms with Crippen molar-refractivity contribution in [1.29, 1.82) is 0 Å². The molecule has 8 N–H and O–H groups in total. The van der Waals surface area contributed by atoms with E-state index in [1.807, 2.05) is 73.6 Å². The summed E-state index contributed by atoms with van der Waals surface area (Å²) < 4.78 is 177. The number of nitrogens with one attached hydrogen (secondary N) is 3. The number of fused-ring (bicyclic) bond motifs is 3. The summed E-state index contributed by atoms with van der Waals surface area (Å²) in [6.07, 6.45) is 14.9. The Hall–Kier alpha value is -8.36. The highest BCUT2D eigenvalue weighted by molar-refractivity contribution is 7.91. The second-order valence-corrected chi connectivity index (χ2v) is 37.5. The van der Waals surface area contributed by atoms with E-state index < -0.39 is 112 Å². The Balaban J connectivity index is 0.864. The molecule has 0 bridgehead atoms. The lowest BCUT2D eigenvalue weighted by Gasteiger charge is -2.27. The highest BCUT2D eigenvalue weighted by Gasteiger charge is 2.45. The number of benzene rings is 4. The lowest BCUT2D eigenvalue weighted by molar-refractivity contribution is -0.438. The van der Waals surface area contributed by atoms with Crippen molar-refractivity contribution in [2.75, 3.05) is 41.4 Å². The third-order valence-electron chi connectivity index (χ3n) is 18.8. The number of aryl methyl sites for hydroxylation is 1. The lowest BCUT2D eigenvalue weighted by atomic mass is 9.81. The van der Waals surface area contributed by atoms with Crippen molar-refractivity contribution in [2.45, 2.75) is 188 Å². The number of rotatable bonds is 34. The summed E-state index contributed by atoms with van der Waals surface area (Å²) in [4.78, 5) is 55.1. The number of hydrogen-bond acceptors (Lipinski definition) is 21. The van der Waals surface area contributed by atoms with Crippen LogP contribution in [0.1, 0.15) is 161 Å². The van der Waals surface area contributed by atoms with Gasteiger partial charge in [0.05, 0.1) is 32.2 Å². The van der Waals surface area contributed by atoms with Gasteiger partial charge < -0.3 is 29.6 Å². The van der Waals surface area contributed by atoms with Crippen LogP contribution in [0.15, 0.2) is 152 Å². The molecule has 29 nitrogen and oxygen atoms in total. The first kappa shape index (κ1) is 83.7. The zero-order chi connectivity index (χ0) is 79.0. The number of carbonyl (C=O) groups excluding carboxylic acids is 4. The molecule has 0 radical (unpaired) electrons. The molecular weight excluding hydrogens is 1520 g/mol. The standard InChI is InChI=1S/C73H91N9O20S6/c1-71(2,3)102-70(86)82-47-51(55-22-12-13-23-59(55)82)44-58(67(85)77-68-78-79-69(103-68)106(74,93)94)76-65(84)24-11-9-8-10-14-39-75-64(83)38-27-48-25-30-52(31-26-48)101-66-49(28-36-62-72(4,5)56-45-53(107(95,96)97)32-34-60(56)80(62)40-15-17-42-104(87,88)89)20-19-21-50(66)29-37-63-73(6,7)57-46-54(108(98,99)100)33-35-61(57)81(63)41-16-18-43-105(90,91)92/h12-13,22-23,25-26,28-37,45-47,58H,8-11,14-21,24,27,38-44H2,1-7H3,(H8-,74,75,76,77,78,83,84,85,87,88,89,90,91,92,93,94,95,96,97,98,99,100)/t58-/m0/s1. The van der Waals surface area contributed by atoms with Gasteiger partial charge in [-0.05, 0) is 181 Å². The molecule has 9 rings (SSSR count). The first-order valence-electron chi connectivity index (χ1n) is 35.2. The fourth-order valence-electron chi connectivity index (χ4n) is 13.4. The average molecular weight is 1610 g/mol. The molecule has 4 aromatic carbocycles. The number of amides is 3. The number of hydrogen-bond donors (Lipinski definition) is 7. The lowest BCUT2D eigenvalue weighted by Crippen LogP contribution is -2.45. The minimum absolute atomic E-state index is 0.0689. The number of primary sulfonamides is 1. The van der Waals surface area contributed by atoms with Crippen molar-refractivity contribution in [1.82, 2.24) is 25.4 Å². The maximum atomic E-state index is 13.8.